The van der Waals surface area contributed by atoms with E-state index in [1.165, 1.54) is 0 Å². The van der Waals surface area contributed by atoms with Crippen LogP contribution < -0.4 is 4.74 Å². The number of para-hydroxylation sites is 1. The zero-order chi connectivity index (χ0) is 18.4. The van der Waals surface area contributed by atoms with Gasteiger partial charge in [0, 0.05) is 59.3 Å². The minimum atomic E-state index is -0.208. The Morgan fingerprint density at radius 1 is 1.20 bits per heavy atom. The number of carbonyl (C=O) groups is 2. The van der Waals surface area contributed by atoms with E-state index >= 15 is 0 Å². The van der Waals surface area contributed by atoms with E-state index in [9.17, 15) is 9.59 Å². The van der Waals surface area contributed by atoms with Gasteiger partial charge in [-0.3, -0.25) is 14.5 Å². The minimum Gasteiger partial charge on any atom is -0.494 e. The Bertz CT molecular complexity index is 603. The summed E-state index contributed by atoms with van der Waals surface area (Å²) >= 11 is 0. The molecule has 0 N–H and O–H groups in total. The van der Waals surface area contributed by atoms with Crippen LogP contribution in [0.2, 0.25) is 0 Å². The maximum Gasteiger partial charge on any atom is 0.228 e. The number of nitrogens with zero attached hydrogens (tertiary/aromatic N) is 3. The van der Waals surface area contributed by atoms with Crippen LogP contribution in [0, 0.1) is 5.92 Å². The molecule has 0 unspecified atom stereocenters. The molecule has 1 aromatic rings. The molecule has 2 rings (SSSR count). The molecule has 0 aromatic heterocycles. The fourth-order valence-electron chi connectivity index (χ4n) is 3.20. The van der Waals surface area contributed by atoms with Gasteiger partial charge in [-0.2, -0.15) is 0 Å². The second kappa shape index (κ2) is 8.85. The monoisotopic (exact) mass is 347 g/mol. The highest BCUT2D eigenvalue weighted by atomic mass is 16.5. The smallest absolute Gasteiger partial charge is 0.228 e. The summed E-state index contributed by atoms with van der Waals surface area (Å²) in [7, 11) is 3.53. The lowest BCUT2D eigenvalue weighted by molar-refractivity contribution is -0.135. The fraction of sp³-hybridized carbons (Fsp3) is 0.579. The number of rotatable bonds is 5. The molecule has 25 heavy (non-hydrogen) atoms. The average Bonchev–Trinajstić information content (AvgIpc) is 2.79. The number of carbonyl (C=O) groups excluding carboxylic acids is 2. The molecule has 6 nitrogen and oxygen atoms in total. The van der Waals surface area contributed by atoms with Gasteiger partial charge in [-0.05, 0) is 13.0 Å². The van der Waals surface area contributed by atoms with Gasteiger partial charge in [-0.25, -0.2) is 0 Å². The molecule has 0 saturated carbocycles. The van der Waals surface area contributed by atoms with E-state index in [0.29, 0.717) is 32.8 Å². The van der Waals surface area contributed by atoms with Gasteiger partial charge in [-0.1, -0.05) is 18.2 Å². The Morgan fingerprint density at radius 3 is 2.56 bits per heavy atom. The van der Waals surface area contributed by atoms with Crippen molar-refractivity contribution in [2.24, 2.45) is 5.92 Å². The average molecular weight is 347 g/mol. The number of ether oxygens (including phenoxy) is 1. The van der Waals surface area contributed by atoms with Gasteiger partial charge in [0.05, 0.1) is 12.5 Å². The summed E-state index contributed by atoms with van der Waals surface area (Å²) in [6.45, 7) is 7.38. The summed E-state index contributed by atoms with van der Waals surface area (Å²) in [6.07, 6.45) is 0. The van der Waals surface area contributed by atoms with Gasteiger partial charge in [-0.15, -0.1) is 0 Å². The highest BCUT2D eigenvalue weighted by molar-refractivity contribution is 5.80. The van der Waals surface area contributed by atoms with Gasteiger partial charge in [0.1, 0.15) is 5.75 Å². The van der Waals surface area contributed by atoms with E-state index in [4.69, 9.17) is 4.74 Å². The number of benzene rings is 1. The first-order valence-corrected chi connectivity index (χ1v) is 8.82. The summed E-state index contributed by atoms with van der Waals surface area (Å²) in [6, 6.07) is 8.00. The van der Waals surface area contributed by atoms with Gasteiger partial charge in [0.25, 0.3) is 0 Å². The summed E-state index contributed by atoms with van der Waals surface area (Å²) < 4.78 is 5.72. The standard InChI is InChI=1S/C19H29N3O3/c1-5-25-18-9-7-6-8-16(18)12-21-10-11-22(15(2)23)14-17(13-21)19(24)20(3)4/h6-9,17H,5,10-14H2,1-4H3/t17-/m0/s1. The van der Waals surface area contributed by atoms with Crippen molar-refractivity contribution in [1.29, 1.82) is 0 Å². The van der Waals surface area contributed by atoms with Crippen LogP contribution in [0.4, 0.5) is 0 Å². The molecule has 1 heterocycles. The molecule has 1 aliphatic heterocycles. The van der Waals surface area contributed by atoms with Crippen molar-refractivity contribution in [1.82, 2.24) is 14.7 Å². The SMILES string of the molecule is CCOc1ccccc1CN1CCN(C(C)=O)C[C@@H](C(=O)N(C)C)C1. The molecule has 138 valence electrons. The van der Waals surface area contributed by atoms with Crippen molar-refractivity contribution in [2.75, 3.05) is 46.9 Å². The molecular formula is C19H29N3O3. The lowest BCUT2D eigenvalue weighted by atomic mass is 10.1. The Kier molecular flexibility index (Phi) is 6.82. The topological polar surface area (TPSA) is 53.1 Å². The Labute approximate surface area is 150 Å². The van der Waals surface area contributed by atoms with Crippen LogP contribution in [0.25, 0.3) is 0 Å². The summed E-state index contributed by atoms with van der Waals surface area (Å²) in [5.41, 5.74) is 1.11. The Balaban J connectivity index is 2.17. The molecule has 2 amide bonds. The lowest BCUT2D eigenvalue weighted by Gasteiger charge is -2.26. The molecule has 1 atom stereocenters. The van der Waals surface area contributed by atoms with Gasteiger partial charge in [0.15, 0.2) is 0 Å². The molecule has 1 aromatic carbocycles. The second-order valence-electron chi connectivity index (χ2n) is 6.67. The summed E-state index contributed by atoms with van der Waals surface area (Å²) in [4.78, 5) is 30.0. The number of hydrogen-bond acceptors (Lipinski definition) is 4. The molecule has 1 saturated heterocycles. The highest BCUT2D eigenvalue weighted by Crippen LogP contribution is 2.22. The maximum absolute atomic E-state index is 12.5. The van der Waals surface area contributed by atoms with Crippen LogP contribution in [0.5, 0.6) is 5.75 Å². The summed E-state index contributed by atoms with van der Waals surface area (Å²) in [5.74, 6) is 0.762. The molecule has 0 spiro atoms. The number of hydrogen-bond donors (Lipinski definition) is 0. The van der Waals surface area contributed by atoms with Crippen molar-refractivity contribution in [3.63, 3.8) is 0 Å². The zero-order valence-corrected chi connectivity index (χ0v) is 15.7. The predicted octanol–water partition coefficient (Wildman–Crippen LogP) is 1.45. The predicted molar refractivity (Wildman–Crippen MR) is 97.3 cm³/mol. The third-order valence-corrected chi connectivity index (χ3v) is 4.51. The van der Waals surface area contributed by atoms with E-state index < -0.39 is 0 Å². The van der Waals surface area contributed by atoms with Gasteiger partial charge < -0.3 is 14.5 Å². The van der Waals surface area contributed by atoms with E-state index in [1.54, 1.807) is 30.8 Å². The molecule has 1 aliphatic rings. The molecular weight excluding hydrogens is 318 g/mol. The normalized spacial score (nSPS) is 18.6. The highest BCUT2D eigenvalue weighted by Gasteiger charge is 2.30. The third kappa shape index (κ3) is 5.19. The minimum absolute atomic E-state index is 0.0214. The van der Waals surface area contributed by atoms with Crippen molar-refractivity contribution in [3.05, 3.63) is 29.8 Å². The van der Waals surface area contributed by atoms with Crippen LogP contribution in [-0.2, 0) is 16.1 Å². The molecule has 0 aliphatic carbocycles. The number of amides is 2. The van der Waals surface area contributed by atoms with E-state index in [0.717, 1.165) is 17.9 Å². The Morgan fingerprint density at radius 2 is 1.92 bits per heavy atom. The van der Waals surface area contributed by atoms with Crippen molar-refractivity contribution in [2.45, 2.75) is 20.4 Å². The molecule has 0 radical (unpaired) electrons. The van der Waals surface area contributed by atoms with Crippen molar-refractivity contribution >= 4 is 11.8 Å². The molecule has 6 heteroatoms. The quantitative estimate of drug-likeness (QED) is 0.809. The molecule has 1 fully saturated rings. The molecule has 0 bridgehead atoms. The second-order valence-corrected chi connectivity index (χ2v) is 6.67. The van der Waals surface area contributed by atoms with Crippen LogP contribution in [0.3, 0.4) is 0 Å². The first kappa shape index (κ1) is 19.2. The summed E-state index contributed by atoms with van der Waals surface area (Å²) in [5, 5.41) is 0. The van der Waals surface area contributed by atoms with Crippen LogP contribution in [0.1, 0.15) is 19.4 Å². The Hall–Kier alpha value is -2.08. The maximum atomic E-state index is 12.5. The lowest BCUT2D eigenvalue weighted by Crippen LogP contribution is -2.41. The third-order valence-electron chi connectivity index (χ3n) is 4.51. The van der Waals surface area contributed by atoms with E-state index in [-0.39, 0.29) is 17.7 Å². The van der Waals surface area contributed by atoms with Crippen LogP contribution >= 0.6 is 0 Å². The van der Waals surface area contributed by atoms with Gasteiger partial charge in [0.2, 0.25) is 11.8 Å². The van der Waals surface area contributed by atoms with Crippen LogP contribution in [-0.4, -0.2) is 73.4 Å². The van der Waals surface area contributed by atoms with E-state index in [1.807, 2.05) is 25.1 Å². The van der Waals surface area contributed by atoms with Crippen molar-refractivity contribution in [3.8, 4) is 5.75 Å². The van der Waals surface area contributed by atoms with Crippen LogP contribution in [0.15, 0.2) is 24.3 Å². The van der Waals surface area contributed by atoms with Gasteiger partial charge >= 0.3 is 0 Å². The fourth-order valence-corrected chi connectivity index (χ4v) is 3.20. The first-order valence-electron chi connectivity index (χ1n) is 8.82. The first-order chi connectivity index (χ1) is 11.9. The van der Waals surface area contributed by atoms with E-state index in [2.05, 4.69) is 11.0 Å². The largest absolute Gasteiger partial charge is 0.494 e. The van der Waals surface area contributed by atoms with Crippen molar-refractivity contribution < 1.29 is 14.3 Å². The zero-order valence-electron chi connectivity index (χ0n) is 15.7.